The van der Waals surface area contributed by atoms with E-state index in [2.05, 4.69) is 5.32 Å². The van der Waals surface area contributed by atoms with Gasteiger partial charge in [-0.3, -0.25) is 4.79 Å². The number of esters is 1. The van der Waals surface area contributed by atoms with Gasteiger partial charge >= 0.3 is 5.97 Å². The molecule has 1 aliphatic rings. The highest BCUT2D eigenvalue weighted by atomic mass is 32.2. The van der Waals surface area contributed by atoms with Crippen LogP contribution in [0, 0.1) is 11.6 Å². The van der Waals surface area contributed by atoms with Crippen LogP contribution in [-0.4, -0.2) is 36.6 Å². The molecule has 154 valence electrons. The van der Waals surface area contributed by atoms with E-state index in [1.54, 1.807) is 12.1 Å². The molecular formula is C20H19F2NO4S2. The molecule has 1 fully saturated rings. The van der Waals surface area contributed by atoms with E-state index in [0.717, 1.165) is 29.7 Å². The second-order valence-electron chi connectivity index (χ2n) is 6.12. The van der Waals surface area contributed by atoms with Crippen molar-refractivity contribution in [3.05, 3.63) is 59.7 Å². The van der Waals surface area contributed by atoms with Crippen LogP contribution in [0.1, 0.15) is 16.6 Å². The van der Waals surface area contributed by atoms with Crippen LogP contribution in [0.4, 0.5) is 14.5 Å². The number of anilines is 1. The summed E-state index contributed by atoms with van der Waals surface area (Å²) in [7, 11) is 0. The molecule has 0 unspecified atom stereocenters. The summed E-state index contributed by atoms with van der Waals surface area (Å²) in [5.74, 6) is -0.191. The predicted molar refractivity (Wildman–Crippen MR) is 110 cm³/mol. The van der Waals surface area contributed by atoms with Crippen LogP contribution in [-0.2, 0) is 14.3 Å². The molecular weight excluding hydrogens is 420 g/mol. The van der Waals surface area contributed by atoms with Crippen molar-refractivity contribution in [2.45, 2.75) is 11.0 Å². The third-order valence-corrected chi connectivity index (χ3v) is 6.92. The van der Waals surface area contributed by atoms with Gasteiger partial charge in [0.05, 0.1) is 10.3 Å². The Morgan fingerprint density at radius 1 is 1.03 bits per heavy atom. The van der Waals surface area contributed by atoms with E-state index in [0.29, 0.717) is 10.3 Å². The van der Waals surface area contributed by atoms with Crippen molar-refractivity contribution in [1.29, 1.82) is 0 Å². The molecule has 0 radical (unpaired) electrons. The molecule has 1 heterocycles. The lowest BCUT2D eigenvalue weighted by Crippen LogP contribution is -2.24. The van der Waals surface area contributed by atoms with Gasteiger partial charge in [0, 0.05) is 6.07 Å². The highest BCUT2D eigenvalue weighted by Crippen LogP contribution is 2.43. The van der Waals surface area contributed by atoms with E-state index < -0.39 is 30.1 Å². The Morgan fingerprint density at radius 3 is 2.48 bits per heavy atom. The van der Waals surface area contributed by atoms with Gasteiger partial charge in [0.25, 0.3) is 5.91 Å². The summed E-state index contributed by atoms with van der Waals surface area (Å²) in [4.78, 5) is 23.5. The van der Waals surface area contributed by atoms with Crippen LogP contribution in [0.5, 0.6) is 5.75 Å². The van der Waals surface area contributed by atoms with Crippen LogP contribution < -0.4 is 10.1 Å². The Balaban J connectivity index is 1.40. The molecule has 1 N–H and O–H groups in total. The molecule has 1 aliphatic heterocycles. The number of hydrogen-bond acceptors (Lipinski definition) is 6. The fourth-order valence-electron chi connectivity index (χ4n) is 2.51. The van der Waals surface area contributed by atoms with Crippen LogP contribution >= 0.6 is 23.5 Å². The summed E-state index contributed by atoms with van der Waals surface area (Å²) >= 11 is 3.84. The van der Waals surface area contributed by atoms with Gasteiger partial charge in [-0.25, -0.2) is 13.6 Å². The number of nitrogens with one attached hydrogen (secondary N) is 1. The zero-order chi connectivity index (χ0) is 20.6. The first kappa shape index (κ1) is 21.4. The van der Waals surface area contributed by atoms with Gasteiger partial charge in [0.15, 0.2) is 13.2 Å². The van der Waals surface area contributed by atoms with Crippen LogP contribution in [0.15, 0.2) is 42.5 Å². The molecule has 0 saturated carbocycles. The topological polar surface area (TPSA) is 64.6 Å². The van der Waals surface area contributed by atoms with Gasteiger partial charge in [-0.05, 0) is 47.8 Å². The number of thioether (sulfide) groups is 2. The third kappa shape index (κ3) is 6.64. The molecule has 29 heavy (non-hydrogen) atoms. The first-order valence-corrected chi connectivity index (χ1v) is 11.0. The number of hydrogen-bond donors (Lipinski definition) is 1. The van der Waals surface area contributed by atoms with Crippen molar-refractivity contribution in [1.82, 2.24) is 0 Å². The lowest BCUT2D eigenvalue weighted by Gasteiger charge is -2.21. The Morgan fingerprint density at radius 2 is 1.76 bits per heavy atom. The lowest BCUT2D eigenvalue weighted by molar-refractivity contribution is -0.149. The largest absolute Gasteiger partial charge is 0.482 e. The minimum absolute atomic E-state index is 0.323. The summed E-state index contributed by atoms with van der Waals surface area (Å²) in [5, 5.41) is 2.14. The zero-order valence-electron chi connectivity index (χ0n) is 15.4. The summed E-state index contributed by atoms with van der Waals surface area (Å²) < 4.78 is 37.1. The number of carbonyl (C=O) groups excluding carboxylic acids is 2. The summed E-state index contributed by atoms with van der Waals surface area (Å²) in [5.41, 5.74) is 0.882. The SMILES string of the molecule is O=C(COC(=O)COc1ccc(C2SCCCS2)cc1)Nc1cc(F)ccc1F. The molecule has 0 bridgehead atoms. The fraction of sp³-hybridized carbons (Fsp3) is 0.300. The number of benzene rings is 2. The maximum Gasteiger partial charge on any atom is 0.344 e. The molecule has 0 aromatic heterocycles. The van der Waals surface area contributed by atoms with Crippen molar-refractivity contribution >= 4 is 41.1 Å². The number of amides is 1. The second-order valence-corrected chi connectivity index (χ2v) is 8.84. The molecule has 1 saturated heterocycles. The first-order valence-electron chi connectivity index (χ1n) is 8.88. The predicted octanol–water partition coefficient (Wildman–Crippen LogP) is 4.39. The van der Waals surface area contributed by atoms with Gasteiger partial charge < -0.3 is 14.8 Å². The molecule has 3 rings (SSSR count). The van der Waals surface area contributed by atoms with E-state index in [-0.39, 0.29) is 12.3 Å². The Kier molecular flexibility index (Phi) is 7.76. The first-order chi connectivity index (χ1) is 14.0. The maximum absolute atomic E-state index is 13.5. The highest BCUT2D eigenvalue weighted by molar-refractivity contribution is 8.16. The number of ether oxygens (including phenoxy) is 2. The van der Waals surface area contributed by atoms with Crippen molar-refractivity contribution in [2.24, 2.45) is 0 Å². The van der Waals surface area contributed by atoms with Gasteiger partial charge in [-0.2, -0.15) is 0 Å². The summed E-state index contributed by atoms with van der Waals surface area (Å²) in [6, 6.07) is 10.2. The smallest absolute Gasteiger partial charge is 0.344 e. The van der Waals surface area contributed by atoms with Crippen molar-refractivity contribution in [3.63, 3.8) is 0 Å². The van der Waals surface area contributed by atoms with E-state index in [1.165, 1.54) is 12.0 Å². The van der Waals surface area contributed by atoms with Gasteiger partial charge in [-0.1, -0.05) is 12.1 Å². The average Bonchev–Trinajstić information content (AvgIpc) is 2.74. The van der Waals surface area contributed by atoms with Crippen molar-refractivity contribution in [3.8, 4) is 5.75 Å². The van der Waals surface area contributed by atoms with Crippen LogP contribution in [0.3, 0.4) is 0 Å². The normalized spacial score (nSPS) is 14.3. The maximum atomic E-state index is 13.5. The van der Waals surface area contributed by atoms with E-state index in [9.17, 15) is 18.4 Å². The van der Waals surface area contributed by atoms with Gasteiger partial charge in [0.2, 0.25) is 0 Å². The third-order valence-electron chi connectivity index (χ3n) is 3.90. The Hall–Kier alpha value is -2.26. The van der Waals surface area contributed by atoms with Crippen LogP contribution in [0.2, 0.25) is 0 Å². The van der Waals surface area contributed by atoms with E-state index in [4.69, 9.17) is 9.47 Å². The number of rotatable bonds is 7. The van der Waals surface area contributed by atoms with E-state index >= 15 is 0 Å². The summed E-state index contributed by atoms with van der Waals surface area (Å²) in [6.07, 6.45) is 1.23. The highest BCUT2D eigenvalue weighted by Gasteiger charge is 2.16. The van der Waals surface area contributed by atoms with Gasteiger partial charge in [0.1, 0.15) is 17.4 Å². The molecule has 2 aromatic rings. The van der Waals surface area contributed by atoms with Crippen molar-refractivity contribution in [2.75, 3.05) is 30.0 Å². The number of halogens is 2. The Labute approximate surface area is 175 Å². The molecule has 2 aromatic carbocycles. The Bertz CT molecular complexity index is 858. The minimum atomic E-state index is -0.789. The molecule has 5 nitrogen and oxygen atoms in total. The van der Waals surface area contributed by atoms with Gasteiger partial charge in [-0.15, -0.1) is 23.5 Å². The fourth-order valence-corrected chi connectivity index (χ4v) is 5.41. The average molecular weight is 440 g/mol. The zero-order valence-corrected chi connectivity index (χ0v) is 17.0. The quantitative estimate of drug-likeness (QED) is 0.646. The minimum Gasteiger partial charge on any atom is -0.482 e. The van der Waals surface area contributed by atoms with Crippen molar-refractivity contribution < 1.29 is 27.8 Å². The number of carbonyl (C=O) groups is 2. The molecule has 9 heteroatoms. The molecule has 1 amide bonds. The van der Waals surface area contributed by atoms with E-state index in [1.807, 2.05) is 35.7 Å². The standard InChI is InChI=1S/C20H19F2NO4S2/c21-14-4-7-16(22)17(10-14)23-18(24)11-27-19(25)12-26-15-5-2-13(3-6-15)20-28-8-1-9-29-20/h2-7,10,20H,1,8-9,11-12H2,(H,23,24). The summed E-state index contributed by atoms with van der Waals surface area (Å²) in [6.45, 7) is -0.999. The molecule has 0 aliphatic carbocycles. The van der Waals surface area contributed by atoms with Crippen LogP contribution in [0.25, 0.3) is 0 Å². The second kappa shape index (κ2) is 10.5. The lowest BCUT2D eigenvalue weighted by atomic mass is 10.2. The molecule has 0 atom stereocenters. The molecule has 0 spiro atoms. The monoisotopic (exact) mass is 439 g/mol.